The van der Waals surface area contributed by atoms with Gasteiger partial charge >= 0.3 is 0 Å². The van der Waals surface area contributed by atoms with Crippen LogP contribution in [0.15, 0.2) is 48.7 Å². The Morgan fingerprint density at radius 1 is 0.737 bits per heavy atom. The number of hydrogen-bond donors (Lipinski definition) is 0. The Labute approximate surface area is 227 Å². The summed E-state index contributed by atoms with van der Waals surface area (Å²) < 4.78 is 4.97. The first-order valence-electron chi connectivity index (χ1n) is 14.1. The fourth-order valence-corrected chi connectivity index (χ4v) is 6.69. The van der Waals surface area contributed by atoms with E-state index in [1.807, 2.05) is 0 Å². The van der Waals surface area contributed by atoms with Crippen molar-refractivity contribution in [3.05, 3.63) is 70.9 Å². The third-order valence-electron chi connectivity index (χ3n) is 8.39. The monoisotopic (exact) mass is 503 g/mol. The number of nitrogens with zero attached hydrogens (tertiary/aromatic N) is 2. The van der Waals surface area contributed by atoms with E-state index < -0.39 is 0 Å². The average molecular weight is 504 g/mol. The summed E-state index contributed by atoms with van der Waals surface area (Å²) in [4.78, 5) is 0. The van der Waals surface area contributed by atoms with Gasteiger partial charge in [-0.1, -0.05) is 86.6 Å². The van der Waals surface area contributed by atoms with Gasteiger partial charge in [0.1, 0.15) is 7.05 Å². The maximum Gasteiger partial charge on any atom is 0.224 e. The Kier molecular flexibility index (Phi) is 5.11. The van der Waals surface area contributed by atoms with Crippen molar-refractivity contribution in [2.45, 2.75) is 86.5 Å². The number of aromatic nitrogens is 2. The molecule has 6 aromatic rings. The van der Waals surface area contributed by atoms with Crippen molar-refractivity contribution >= 4 is 49.0 Å². The van der Waals surface area contributed by atoms with Crippen LogP contribution in [0.4, 0.5) is 0 Å². The maximum absolute atomic E-state index is 2.62. The molecular weight excluding hydrogens is 460 g/mol. The van der Waals surface area contributed by atoms with E-state index in [-0.39, 0.29) is 16.2 Å². The minimum Gasteiger partial charge on any atom is -0.307 e. The molecule has 0 spiro atoms. The van der Waals surface area contributed by atoms with E-state index in [4.69, 9.17) is 0 Å². The summed E-state index contributed by atoms with van der Waals surface area (Å²) in [6.45, 7) is 23.4. The standard InChI is InChI=1S/C36H43N2/c1-21-16-26(36(8,9)10)31-25-13-12-24(35(5,6)7)19-27(25)38-28-18-22(20-34(2,3)4)17-23-14-15-37(11)32(30(23)28)29(21)33(31)38/h12-19H,20H2,1-11H3/q+1. The number of rotatable bonds is 1. The van der Waals surface area contributed by atoms with Gasteiger partial charge in [-0.25, -0.2) is 4.57 Å². The first-order chi connectivity index (χ1) is 17.6. The maximum atomic E-state index is 2.62. The largest absolute Gasteiger partial charge is 0.307 e. The lowest BCUT2D eigenvalue weighted by Crippen LogP contribution is -2.29. The van der Waals surface area contributed by atoms with Crippen molar-refractivity contribution in [3.8, 4) is 0 Å². The smallest absolute Gasteiger partial charge is 0.224 e. The summed E-state index contributed by atoms with van der Waals surface area (Å²) in [5.41, 5.74) is 11.3. The third-order valence-corrected chi connectivity index (χ3v) is 8.39. The number of hydrogen-bond acceptors (Lipinski definition) is 0. The molecule has 0 atom stereocenters. The third kappa shape index (κ3) is 3.63. The van der Waals surface area contributed by atoms with E-state index in [2.05, 4.69) is 134 Å². The second kappa shape index (κ2) is 7.72. The molecular formula is C36H43N2+. The first-order valence-corrected chi connectivity index (χ1v) is 14.1. The predicted octanol–water partition coefficient (Wildman–Crippen LogP) is 9.31. The van der Waals surface area contributed by atoms with Gasteiger partial charge < -0.3 is 4.40 Å². The van der Waals surface area contributed by atoms with Crippen molar-refractivity contribution in [1.29, 1.82) is 0 Å². The molecule has 3 aromatic carbocycles. The van der Waals surface area contributed by atoms with Crippen LogP contribution in [0.3, 0.4) is 0 Å². The van der Waals surface area contributed by atoms with Crippen LogP contribution in [-0.4, -0.2) is 4.40 Å². The van der Waals surface area contributed by atoms with Crippen LogP contribution in [0.25, 0.3) is 49.0 Å². The van der Waals surface area contributed by atoms with Crippen LogP contribution in [0.5, 0.6) is 0 Å². The highest BCUT2D eigenvalue weighted by molar-refractivity contribution is 6.26. The first kappa shape index (κ1) is 25.2. The number of benzene rings is 3. The van der Waals surface area contributed by atoms with Gasteiger partial charge in [-0.15, -0.1) is 0 Å². The van der Waals surface area contributed by atoms with Crippen molar-refractivity contribution in [2.24, 2.45) is 12.5 Å². The fraction of sp³-hybridized carbons (Fsp3) is 0.417. The zero-order valence-electron chi connectivity index (χ0n) is 25.2. The van der Waals surface area contributed by atoms with Crippen LogP contribution in [0, 0.1) is 12.3 Å². The molecule has 0 fully saturated rings. The summed E-state index contributed by atoms with van der Waals surface area (Å²) in [5.74, 6) is 0. The molecule has 3 aromatic heterocycles. The Bertz CT molecular complexity index is 1890. The molecule has 6 rings (SSSR count). The van der Waals surface area contributed by atoms with E-state index in [9.17, 15) is 0 Å². The van der Waals surface area contributed by atoms with Crippen molar-refractivity contribution in [2.75, 3.05) is 0 Å². The van der Waals surface area contributed by atoms with Crippen LogP contribution in [0.1, 0.15) is 84.6 Å². The zero-order chi connectivity index (χ0) is 27.5. The van der Waals surface area contributed by atoms with Gasteiger partial charge in [0.2, 0.25) is 5.52 Å². The summed E-state index contributed by atoms with van der Waals surface area (Å²) in [6, 6.07) is 16.9. The Hall–Kier alpha value is -3.13. The van der Waals surface area contributed by atoms with Crippen molar-refractivity contribution in [1.82, 2.24) is 4.40 Å². The molecule has 0 aliphatic heterocycles. The van der Waals surface area contributed by atoms with Crippen molar-refractivity contribution < 1.29 is 4.57 Å². The van der Waals surface area contributed by atoms with Crippen LogP contribution in [-0.2, 0) is 24.3 Å². The lowest BCUT2D eigenvalue weighted by Gasteiger charge is -2.23. The Balaban J connectivity index is 1.98. The molecule has 0 bridgehead atoms. The summed E-state index contributed by atoms with van der Waals surface area (Å²) in [6.07, 6.45) is 3.30. The highest BCUT2D eigenvalue weighted by Crippen LogP contribution is 2.46. The quantitative estimate of drug-likeness (QED) is 0.120. The minimum absolute atomic E-state index is 0.0354. The van der Waals surface area contributed by atoms with E-state index in [1.54, 1.807) is 0 Å². The number of aryl methyl sites for hydroxylation is 2. The van der Waals surface area contributed by atoms with Gasteiger partial charge in [-0.2, -0.15) is 0 Å². The fourth-order valence-electron chi connectivity index (χ4n) is 6.69. The molecule has 2 nitrogen and oxygen atoms in total. The minimum atomic E-state index is 0.0354. The molecule has 2 heteroatoms. The molecule has 0 N–H and O–H groups in total. The Morgan fingerprint density at radius 3 is 2.08 bits per heavy atom. The molecule has 0 amide bonds. The highest BCUT2D eigenvalue weighted by atomic mass is 15.0. The van der Waals surface area contributed by atoms with Crippen LogP contribution in [0.2, 0.25) is 0 Å². The molecule has 3 heterocycles. The van der Waals surface area contributed by atoms with Crippen molar-refractivity contribution in [3.63, 3.8) is 0 Å². The van der Waals surface area contributed by atoms with Crippen LogP contribution < -0.4 is 4.57 Å². The second-order valence-corrected chi connectivity index (χ2v) is 15.0. The molecule has 0 radical (unpaired) electrons. The molecule has 38 heavy (non-hydrogen) atoms. The van der Waals surface area contributed by atoms with E-state index in [0.717, 1.165) is 6.42 Å². The Morgan fingerprint density at radius 2 is 1.45 bits per heavy atom. The van der Waals surface area contributed by atoms with Gasteiger partial charge in [0.15, 0.2) is 6.20 Å². The molecule has 0 aliphatic carbocycles. The molecule has 196 valence electrons. The molecule has 0 aliphatic rings. The normalized spacial score (nSPS) is 13.8. The SMILES string of the molecule is Cc1cc(C(C)(C)C)c2c3ccc(C(C)(C)C)cc3n3c4cc(CC(C)(C)C)cc5cc[n+](C)c(c1c23)c54. The van der Waals surface area contributed by atoms with E-state index in [1.165, 1.54) is 71.3 Å². The molecule has 0 saturated heterocycles. The predicted molar refractivity (Wildman–Crippen MR) is 165 cm³/mol. The number of pyridine rings is 2. The van der Waals surface area contributed by atoms with Gasteiger partial charge in [0, 0.05) is 16.8 Å². The number of fused-ring (bicyclic) bond motifs is 5. The van der Waals surface area contributed by atoms with E-state index in [0.29, 0.717) is 0 Å². The summed E-state index contributed by atoms with van der Waals surface area (Å²) >= 11 is 0. The average Bonchev–Trinajstić information content (AvgIpc) is 3.11. The van der Waals surface area contributed by atoms with Gasteiger partial charge in [-0.3, -0.25) is 0 Å². The van der Waals surface area contributed by atoms with Gasteiger partial charge in [0.05, 0.1) is 27.3 Å². The lowest BCUT2D eigenvalue weighted by molar-refractivity contribution is -0.643. The molecule has 0 unspecified atom stereocenters. The topological polar surface area (TPSA) is 8.29 Å². The molecule has 0 saturated carbocycles. The summed E-state index contributed by atoms with van der Waals surface area (Å²) in [7, 11) is 2.21. The van der Waals surface area contributed by atoms with Gasteiger partial charge in [0.25, 0.3) is 0 Å². The highest BCUT2D eigenvalue weighted by Gasteiger charge is 2.29. The second-order valence-electron chi connectivity index (χ2n) is 15.0. The lowest BCUT2D eigenvalue weighted by atomic mass is 9.81. The van der Waals surface area contributed by atoms with E-state index >= 15 is 0 Å². The van der Waals surface area contributed by atoms with Crippen LogP contribution >= 0.6 is 0 Å². The summed E-state index contributed by atoms with van der Waals surface area (Å²) in [5, 5.41) is 6.86. The van der Waals surface area contributed by atoms with Gasteiger partial charge in [-0.05, 0) is 69.4 Å². The zero-order valence-corrected chi connectivity index (χ0v) is 25.2.